The lowest BCUT2D eigenvalue weighted by Gasteiger charge is -2.23. The molecule has 0 bridgehead atoms. The third kappa shape index (κ3) is 4.68. The lowest BCUT2D eigenvalue weighted by molar-refractivity contribution is 0.127. The molecule has 118 valence electrons. The zero-order valence-electron chi connectivity index (χ0n) is 13.1. The van der Waals surface area contributed by atoms with E-state index in [4.69, 9.17) is 11.6 Å². The molecule has 1 saturated heterocycles. The van der Waals surface area contributed by atoms with Gasteiger partial charge in [0.1, 0.15) is 0 Å². The molecule has 1 aliphatic rings. The van der Waals surface area contributed by atoms with Crippen molar-refractivity contribution in [2.45, 2.75) is 38.8 Å². The van der Waals surface area contributed by atoms with Crippen molar-refractivity contribution >= 4 is 11.6 Å². The second-order valence-corrected chi connectivity index (χ2v) is 6.42. The first-order chi connectivity index (χ1) is 10.1. The highest BCUT2D eigenvalue weighted by Crippen LogP contribution is 2.26. The van der Waals surface area contributed by atoms with E-state index in [0.29, 0.717) is 12.0 Å². The molecule has 1 heterocycles. The van der Waals surface area contributed by atoms with Crippen LogP contribution in [0.5, 0.6) is 0 Å². The molecule has 21 heavy (non-hydrogen) atoms. The highest BCUT2D eigenvalue weighted by molar-refractivity contribution is 6.31. The smallest absolute Gasteiger partial charge is 0.0552 e. The average molecular weight is 311 g/mol. The quantitative estimate of drug-likeness (QED) is 0.812. The summed E-state index contributed by atoms with van der Waals surface area (Å²) in [6.45, 7) is 8.12. The van der Waals surface area contributed by atoms with Crippen molar-refractivity contribution in [2.75, 3.05) is 26.2 Å². The number of likely N-dealkylation sites (tertiary alicyclic amines) is 1. The average Bonchev–Trinajstić information content (AvgIpc) is 2.93. The Bertz CT molecular complexity index is 439. The molecule has 0 aliphatic carbocycles. The summed E-state index contributed by atoms with van der Waals surface area (Å²) in [6, 6.07) is 8.39. The van der Waals surface area contributed by atoms with Crippen LogP contribution in [0.25, 0.3) is 0 Å². The predicted octanol–water partition coefficient (Wildman–Crippen LogP) is 3.08. The van der Waals surface area contributed by atoms with Gasteiger partial charge >= 0.3 is 0 Å². The molecular weight excluding hydrogens is 284 g/mol. The number of aliphatic hydroxyl groups is 1. The van der Waals surface area contributed by atoms with Gasteiger partial charge in [0.2, 0.25) is 0 Å². The lowest BCUT2D eigenvalue weighted by atomic mass is 10.0. The Labute approximate surface area is 133 Å². The van der Waals surface area contributed by atoms with Crippen molar-refractivity contribution < 1.29 is 5.11 Å². The van der Waals surface area contributed by atoms with E-state index >= 15 is 0 Å². The van der Waals surface area contributed by atoms with Gasteiger partial charge in [0.05, 0.1) is 6.10 Å². The maximum atomic E-state index is 9.69. The maximum Gasteiger partial charge on any atom is 0.0552 e. The van der Waals surface area contributed by atoms with Crippen LogP contribution in [0.4, 0.5) is 0 Å². The standard InChI is InChI=1S/C17H27ClN2O/c1-3-19-17(15-6-4-5-7-16(15)18)9-11-20-10-8-14(12-20)13(2)21/h4-7,13-14,17,19,21H,3,8-12H2,1-2H3. The van der Waals surface area contributed by atoms with Crippen molar-refractivity contribution in [2.24, 2.45) is 5.92 Å². The summed E-state index contributed by atoms with van der Waals surface area (Å²) in [6.07, 6.45) is 1.96. The van der Waals surface area contributed by atoms with E-state index in [1.165, 1.54) is 5.56 Å². The first kappa shape index (κ1) is 16.8. The van der Waals surface area contributed by atoms with Crippen molar-refractivity contribution in [3.05, 3.63) is 34.9 Å². The summed E-state index contributed by atoms with van der Waals surface area (Å²) < 4.78 is 0. The number of benzene rings is 1. The Kier molecular flexibility index (Phi) is 6.49. The first-order valence-electron chi connectivity index (χ1n) is 8.00. The summed E-state index contributed by atoms with van der Waals surface area (Å²) in [4.78, 5) is 2.46. The van der Waals surface area contributed by atoms with E-state index in [0.717, 1.165) is 44.0 Å². The summed E-state index contributed by atoms with van der Waals surface area (Å²) in [5.41, 5.74) is 1.19. The Morgan fingerprint density at radius 3 is 2.81 bits per heavy atom. The molecule has 0 saturated carbocycles. The zero-order valence-corrected chi connectivity index (χ0v) is 13.8. The fourth-order valence-electron chi connectivity index (χ4n) is 3.14. The minimum absolute atomic E-state index is 0.192. The molecule has 2 rings (SSSR count). The van der Waals surface area contributed by atoms with Crippen LogP contribution in [0, 0.1) is 5.92 Å². The molecule has 2 N–H and O–H groups in total. The van der Waals surface area contributed by atoms with Gasteiger partial charge in [-0.2, -0.15) is 0 Å². The molecule has 4 heteroatoms. The molecule has 1 aliphatic heterocycles. The van der Waals surface area contributed by atoms with Crippen LogP contribution < -0.4 is 5.32 Å². The second kappa shape index (κ2) is 8.14. The molecule has 0 amide bonds. The predicted molar refractivity (Wildman–Crippen MR) is 88.7 cm³/mol. The van der Waals surface area contributed by atoms with E-state index in [1.807, 2.05) is 25.1 Å². The molecule has 3 atom stereocenters. The summed E-state index contributed by atoms with van der Waals surface area (Å²) in [5.74, 6) is 0.433. The summed E-state index contributed by atoms with van der Waals surface area (Å²) in [7, 11) is 0. The fourth-order valence-corrected chi connectivity index (χ4v) is 3.41. The van der Waals surface area contributed by atoms with Crippen LogP contribution in [0.15, 0.2) is 24.3 Å². The Morgan fingerprint density at radius 2 is 2.19 bits per heavy atom. The van der Waals surface area contributed by atoms with Crippen molar-refractivity contribution in [1.82, 2.24) is 10.2 Å². The van der Waals surface area contributed by atoms with Crippen LogP contribution in [0.1, 0.15) is 38.3 Å². The van der Waals surface area contributed by atoms with Gasteiger partial charge in [-0.15, -0.1) is 0 Å². The second-order valence-electron chi connectivity index (χ2n) is 6.01. The molecule has 0 radical (unpaired) electrons. The topological polar surface area (TPSA) is 35.5 Å². The minimum atomic E-state index is -0.192. The van der Waals surface area contributed by atoms with E-state index < -0.39 is 0 Å². The highest BCUT2D eigenvalue weighted by Gasteiger charge is 2.26. The van der Waals surface area contributed by atoms with Gasteiger partial charge < -0.3 is 15.3 Å². The summed E-state index contributed by atoms with van der Waals surface area (Å²) >= 11 is 6.33. The molecule has 3 unspecified atom stereocenters. The number of rotatable bonds is 7. The van der Waals surface area contributed by atoms with Crippen molar-refractivity contribution in [3.8, 4) is 0 Å². The molecule has 0 aromatic heterocycles. The molecule has 1 fully saturated rings. The normalized spacial score (nSPS) is 22.4. The van der Waals surface area contributed by atoms with E-state index in [2.05, 4.69) is 23.2 Å². The minimum Gasteiger partial charge on any atom is -0.393 e. The number of hydrogen-bond acceptors (Lipinski definition) is 3. The Balaban J connectivity index is 1.91. The Morgan fingerprint density at radius 1 is 1.43 bits per heavy atom. The van der Waals surface area contributed by atoms with Gasteiger partial charge in [0.25, 0.3) is 0 Å². The SMILES string of the molecule is CCNC(CCN1CCC(C(C)O)C1)c1ccccc1Cl. The first-order valence-corrected chi connectivity index (χ1v) is 8.37. The van der Waals surface area contributed by atoms with Gasteiger partial charge in [-0.3, -0.25) is 0 Å². The zero-order chi connectivity index (χ0) is 15.2. The van der Waals surface area contributed by atoms with Crippen LogP contribution in [-0.4, -0.2) is 42.3 Å². The van der Waals surface area contributed by atoms with Crippen LogP contribution >= 0.6 is 11.6 Å². The van der Waals surface area contributed by atoms with Crippen LogP contribution in [0.2, 0.25) is 5.02 Å². The van der Waals surface area contributed by atoms with Gasteiger partial charge in [-0.05, 0) is 56.9 Å². The number of halogens is 1. The molecular formula is C17H27ClN2O. The van der Waals surface area contributed by atoms with Gasteiger partial charge in [0, 0.05) is 17.6 Å². The van der Waals surface area contributed by atoms with Crippen molar-refractivity contribution in [1.29, 1.82) is 0 Å². The monoisotopic (exact) mass is 310 g/mol. The number of nitrogens with one attached hydrogen (secondary N) is 1. The molecule has 0 spiro atoms. The van der Waals surface area contributed by atoms with Gasteiger partial charge in [0.15, 0.2) is 0 Å². The van der Waals surface area contributed by atoms with Crippen LogP contribution in [-0.2, 0) is 0 Å². The summed E-state index contributed by atoms with van der Waals surface area (Å²) in [5, 5.41) is 14.1. The fraction of sp³-hybridized carbons (Fsp3) is 0.647. The lowest BCUT2D eigenvalue weighted by Crippen LogP contribution is -2.29. The van der Waals surface area contributed by atoms with E-state index in [1.54, 1.807) is 0 Å². The third-order valence-electron chi connectivity index (χ3n) is 4.46. The maximum absolute atomic E-state index is 9.69. The van der Waals surface area contributed by atoms with Gasteiger partial charge in [-0.1, -0.05) is 36.7 Å². The van der Waals surface area contributed by atoms with E-state index in [-0.39, 0.29) is 6.10 Å². The largest absolute Gasteiger partial charge is 0.393 e. The Hall–Kier alpha value is -0.610. The van der Waals surface area contributed by atoms with Crippen LogP contribution in [0.3, 0.4) is 0 Å². The van der Waals surface area contributed by atoms with Crippen molar-refractivity contribution in [3.63, 3.8) is 0 Å². The molecule has 1 aromatic carbocycles. The number of hydrogen-bond donors (Lipinski definition) is 2. The van der Waals surface area contributed by atoms with E-state index in [9.17, 15) is 5.11 Å². The molecule has 3 nitrogen and oxygen atoms in total. The highest BCUT2D eigenvalue weighted by atomic mass is 35.5. The number of nitrogens with zero attached hydrogens (tertiary/aromatic N) is 1. The number of aliphatic hydroxyl groups excluding tert-OH is 1. The van der Waals surface area contributed by atoms with Gasteiger partial charge in [-0.25, -0.2) is 0 Å². The third-order valence-corrected chi connectivity index (χ3v) is 4.80. The molecule has 1 aromatic rings.